The first kappa shape index (κ1) is 19.2. The van der Waals surface area contributed by atoms with Gasteiger partial charge in [-0.3, -0.25) is 0 Å². The molecule has 1 atom stereocenters. The summed E-state index contributed by atoms with van der Waals surface area (Å²) >= 11 is 0. The number of aryl methyl sites for hydroxylation is 1. The van der Waals surface area contributed by atoms with E-state index in [-0.39, 0.29) is 11.7 Å². The number of nitrogens with one attached hydrogen (secondary N) is 1. The van der Waals surface area contributed by atoms with Gasteiger partial charge in [0.2, 0.25) is 0 Å². The molecule has 1 aromatic heterocycles. The molecular weight excluding hydrogens is 357 g/mol. The maximum Gasteiger partial charge on any atom is 0.418 e. The third kappa shape index (κ3) is 4.08. The molecule has 146 valence electrons. The lowest BCUT2D eigenvalue weighted by Gasteiger charge is -2.30. The number of rotatable bonds is 3. The zero-order chi connectivity index (χ0) is 19.8. The first-order valence-corrected chi connectivity index (χ1v) is 8.71. The number of nitrogen functional groups attached to an aromatic ring is 2. The van der Waals surface area contributed by atoms with Gasteiger partial charge < -0.3 is 21.7 Å². The fourth-order valence-corrected chi connectivity index (χ4v) is 3.41. The van der Waals surface area contributed by atoms with E-state index in [9.17, 15) is 13.2 Å². The average molecular weight is 380 g/mol. The smallest absolute Gasteiger partial charge is 0.397 e. The van der Waals surface area contributed by atoms with Gasteiger partial charge in [-0.05, 0) is 57.1 Å². The number of hydrogen-bond acceptors (Lipinski definition) is 6. The van der Waals surface area contributed by atoms with Gasteiger partial charge in [0.15, 0.2) is 0 Å². The minimum Gasteiger partial charge on any atom is -0.397 e. The highest BCUT2D eigenvalue weighted by Crippen LogP contribution is 2.40. The highest BCUT2D eigenvalue weighted by Gasteiger charge is 2.34. The predicted molar refractivity (Wildman–Crippen MR) is 100 cm³/mol. The van der Waals surface area contributed by atoms with Crippen LogP contribution in [0.25, 0.3) is 11.3 Å². The van der Waals surface area contributed by atoms with Crippen molar-refractivity contribution in [2.75, 3.05) is 36.9 Å². The van der Waals surface area contributed by atoms with Gasteiger partial charge in [-0.25, -0.2) is 0 Å². The first-order chi connectivity index (χ1) is 12.7. The zero-order valence-electron chi connectivity index (χ0n) is 15.3. The molecule has 1 saturated heterocycles. The lowest BCUT2D eigenvalue weighted by atomic mass is 10.0. The summed E-state index contributed by atoms with van der Waals surface area (Å²) in [7, 11) is 2.08. The molecule has 5 N–H and O–H groups in total. The summed E-state index contributed by atoms with van der Waals surface area (Å²) in [5.41, 5.74) is 11.4. The van der Waals surface area contributed by atoms with E-state index >= 15 is 0 Å². The Hall–Kier alpha value is -2.55. The van der Waals surface area contributed by atoms with E-state index in [1.165, 1.54) is 6.07 Å². The van der Waals surface area contributed by atoms with Crippen LogP contribution >= 0.6 is 0 Å². The van der Waals surface area contributed by atoms with Crippen LogP contribution in [-0.4, -0.2) is 41.3 Å². The Morgan fingerprint density at radius 1 is 1.19 bits per heavy atom. The van der Waals surface area contributed by atoms with Gasteiger partial charge in [0.1, 0.15) is 5.82 Å². The van der Waals surface area contributed by atoms with Crippen molar-refractivity contribution in [1.29, 1.82) is 0 Å². The predicted octanol–water partition coefficient (Wildman–Crippen LogP) is 3.14. The molecule has 9 heteroatoms. The van der Waals surface area contributed by atoms with Gasteiger partial charge in [0.05, 0.1) is 22.6 Å². The number of piperidine rings is 1. The molecule has 3 rings (SSSR count). The zero-order valence-corrected chi connectivity index (χ0v) is 15.3. The number of likely N-dealkylation sites (N-methyl/N-ethyl adjacent to an activating group) is 1. The summed E-state index contributed by atoms with van der Waals surface area (Å²) < 4.78 is 38.9. The van der Waals surface area contributed by atoms with Crippen molar-refractivity contribution >= 4 is 17.2 Å². The van der Waals surface area contributed by atoms with Crippen LogP contribution in [0.1, 0.15) is 24.0 Å². The molecule has 0 aliphatic carbocycles. The fraction of sp³-hybridized carbons (Fsp3) is 0.444. The van der Waals surface area contributed by atoms with Crippen molar-refractivity contribution < 1.29 is 13.2 Å². The topological polar surface area (TPSA) is 93.1 Å². The highest BCUT2D eigenvalue weighted by atomic mass is 19.4. The molecule has 1 aliphatic rings. The lowest BCUT2D eigenvalue weighted by Crippen LogP contribution is -2.39. The van der Waals surface area contributed by atoms with Crippen LogP contribution in [0.2, 0.25) is 0 Å². The van der Waals surface area contributed by atoms with Gasteiger partial charge >= 0.3 is 6.18 Å². The molecule has 2 aromatic rings. The Bertz CT molecular complexity index is 837. The Morgan fingerprint density at radius 3 is 2.56 bits per heavy atom. The molecule has 0 spiro atoms. The van der Waals surface area contributed by atoms with E-state index in [0.29, 0.717) is 17.1 Å². The second kappa shape index (κ2) is 7.22. The molecule has 0 bridgehead atoms. The Kier molecular flexibility index (Phi) is 5.14. The van der Waals surface area contributed by atoms with Gasteiger partial charge in [-0.1, -0.05) is 0 Å². The van der Waals surface area contributed by atoms with Crippen molar-refractivity contribution in [3.05, 3.63) is 29.3 Å². The minimum absolute atomic E-state index is 0.142. The van der Waals surface area contributed by atoms with Gasteiger partial charge in [-0.15, -0.1) is 10.2 Å². The van der Waals surface area contributed by atoms with E-state index in [2.05, 4.69) is 27.5 Å². The van der Waals surface area contributed by atoms with E-state index in [1.54, 1.807) is 0 Å². The van der Waals surface area contributed by atoms with Crippen molar-refractivity contribution in [3.63, 3.8) is 0 Å². The number of nitrogens with two attached hydrogens (primary N) is 2. The van der Waals surface area contributed by atoms with Gasteiger partial charge in [0, 0.05) is 18.2 Å². The van der Waals surface area contributed by atoms with Crippen LogP contribution < -0.4 is 16.8 Å². The van der Waals surface area contributed by atoms with E-state index in [0.717, 1.165) is 37.6 Å². The number of aromatic nitrogens is 2. The molecular formula is C18H23F3N6. The van der Waals surface area contributed by atoms with Crippen molar-refractivity contribution in [2.24, 2.45) is 0 Å². The third-order valence-electron chi connectivity index (χ3n) is 4.81. The van der Waals surface area contributed by atoms with Crippen LogP contribution in [0.4, 0.5) is 30.4 Å². The van der Waals surface area contributed by atoms with Crippen LogP contribution in [0, 0.1) is 6.92 Å². The summed E-state index contributed by atoms with van der Waals surface area (Å²) in [6.07, 6.45) is -2.40. The number of hydrogen-bond donors (Lipinski definition) is 3. The summed E-state index contributed by atoms with van der Waals surface area (Å²) in [5.74, 6) is 0.634. The summed E-state index contributed by atoms with van der Waals surface area (Å²) in [4.78, 5) is 2.25. The normalized spacial score (nSPS) is 18.5. The molecule has 0 radical (unpaired) electrons. The second-order valence-corrected chi connectivity index (χ2v) is 6.99. The van der Waals surface area contributed by atoms with E-state index in [4.69, 9.17) is 11.5 Å². The number of anilines is 3. The van der Waals surface area contributed by atoms with Crippen molar-refractivity contribution in [2.45, 2.75) is 32.0 Å². The Balaban J connectivity index is 1.87. The maximum absolute atomic E-state index is 13.0. The molecule has 1 fully saturated rings. The number of alkyl halides is 3. The molecule has 0 unspecified atom stereocenters. The van der Waals surface area contributed by atoms with Crippen LogP contribution in [0.15, 0.2) is 18.2 Å². The van der Waals surface area contributed by atoms with Crippen LogP contribution in [0.3, 0.4) is 0 Å². The number of benzene rings is 1. The van der Waals surface area contributed by atoms with Gasteiger partial charge in [0.25, 0.3) is 0 Å². The van der Waals surface area contributed by atoms with Gasteiger partial charge in [-0.2, -0.15) is 13.2 Å². The molecule has 1 aromatic carbocycles. The maximum atomic E-state index is 13.0. The fourth-order valence-electron chi connectivity index (χ4n) is 3.41. The first-order valence-electron chi connectivity index (χ1n) is 8.71. The molecule has 1 aliphatic heterocycles. The second-order valence-electron chi connectivity index (χ2n) is 6.99. The number of likely N-dealkylation sites (tertiary alicyclic amines) is 1. The summed E-state index contributed by atoms with van der Waals surface area (Å²) in [6.45, 7) is 3.82. The monoisotopic (exact) mass is 380 g/mol. The summed E-state index contributed by atoms with van der Waals surface area (Å²) in [5, 5.41) is 11.7. The minimum atomic E-state index is -4.56. The largest absolute Gasteiger partial charge is 0.418 e. The van der Waals surface area contributed by atoms with E-state index in [1.807, 2.05) is 13.0 Å². The Labute approximate surface area is 155 Å². The summed E-state index contributed by atoms with van der Waals surface area (Å²) in [6, 6.07) is 4.32. The third-order valence-corrected chi connectivity index (χ3v) is 4.81. The molecule has 6 nitrogen and oxygen atoms in total. The van der Waals surface area contributed by atoms with Crippen LogP contribution in [0.5, 0.6) is 0 Å². The van der Waals surface area contributed by atoms with Crippen LogP contribution in [-0.2, 0) is 6.18 Å². The average Bonchev–Trinajstić information content (AvgIpc) is 2.57. The highest BCUT2D eigenvalue weighted by molar-refractivity contribution is 5.86. The lowest BCUT2D eigenvalue weighted by molar-refractivity contribution is -0.136. The van der Waals surface area contributed by atoms with Crippen molar-refractivity contribution in [3.8, 4) is 11.3 Å². The molecule has 0 amide bonds. The van der Waals surface area contributed by atoms with Crippen molar-refractivity contribution in [1.82, 2.24) is 15.1 Å². The SMILES string of the molecule is Cc1cc(N[C@H]2CCCN(C)C2)nnc1-c1ccc(C(F)(F)F)c(N)c1N. The van der Waals surface area contributed by atoms with E-state index < -0.39 is 17.4 Å². The molecule has 0 saturated carbocycles. The molecule has 2 heterocycles. The quantitative estimate of drug-likeness (QED) is 0.709. The number of nitrogens with zero attached hydrogens (tertiary/aromatic N) is 3. The molecule has 27 heavy (non-hydrogen) atoms. The Morgan fingerprint density at radius 2 is 1.93 bits per heavy atom. The number of halogens is 3. The standard InChI is InChI=1S/C18H23F3N6/c1-10-8-14(24-11-4-3-7-27(2)9-11)25-26-17(10)12-5-6-13(18(19,20)21)16(23)15(12)22/h5-6,8,11H,3-4,7,9,22-23H2,1-2H3,(H,24,25)/t11-/m0/s1.